The summed E-state index contributed by atoms with van der Waals surface area (Å²) in [5.74, 6) is -0.920. The normalized spacial score (nSPS) is 11.1. The minimum Gasteiger partial charge on any atom is -0.383 e. The molecule has 0 unspecified atom stereocenters. The molecule has 0 saturated carbocycles. The van der Waals surface area contributed by atoms with Crippen molar-refractivity contribution in [3.8, 4) is 0 Å². The van der Waals surface area contributed by atoms with Gasteiger partial charge in [-0.2, -0.15) is 0 Å². The number of hydrogen-bond donors (Lipinski definition) is 3. The van der Waals surface area contributed by atoms with Crippen LogP contribution in [0.1, 0.15) is 35.3 Å². The van der Waals surface area contributed by atoms with E-state index < -0.39 is 17.2 Å². The number of H-pyrrole nitrogens is 1. The minimum absolute atomic E-state index is 0.0236. The average Bonchev–Trinajstić information content (AvgIpc) is 2.81. The third-order valence-corrected chi connectivity index (χ3v) is 5.59. The number of carbonyl (C=O) groups excluding carboxylic acids is 2. The molecule has 0 atom stereocenters. The van der Waals surface area contributed by atoms with E-state index in [0.717, 1.165) is 11.1 Å². The number of amides is 2. The molecule has 10 nitrogen and oxygen atoms in total. The first-order chi connectivity index (χ1) is 17.1. The van der Waals surface area contributed by atoms with Crippen LogP contribution in [0.15, 0.2) is 64.2 Å². The van der Waals surface area contributed by atoms with Crippen LogP contribution in [-0.2, 0) is 17.9 Å². The van der Waals surface area contributed by atoms with E-state index in [9.17, 15) is 19.2 Å². The zero-order chi connectivity index (χ0) is 26.4. The van der Waals surface area contributed by atoms with Gasteiger partial charge in [0.2, 0.25) is 11.8 Å². The second-order valence-corrected chi connectivity index (χ2v) is 9.20. The molecule has 190 valence electrons. The molecule has 0 spiro atoms. The molecule has 3 aromatic rings. The van der Waals surface area contributed by atoms with Gasteiger partial charge in [-0.1, -0.05) is 56.3 Å². The van der Waals surface area contributed by atoms with E-state index in [-0.39, 0.29) is 43.0 Å². The van der Waals surface area contributed by atoms with Crippen LogP contribution in [0.5, 0.6) is 0 Å². The SMILES string of the molecule is CC(C)CN(C(=O)CN(C)Cc1cccc(C(N)=O)c1)c1c(N)n(Cc2ccccc2)c(=O)[nH]c1=O. The smallest absolute Gasteiger partial charge is 0.330 e. The summed E-state index contributed by atoms with van der Waals surface area (Å²) in [6.45, 7) is 4.58. The molecule has 5 N–H and O–H groups in total. The second kappa shape index (κ2) is 11.5. The first kappa shape index (κ1) is 26.4. The Morgan fingerprint density at radius 3 is 2.33 bits per heavy atom. The Bertz CT molecular complexity index is 1350. The number of nitrogens with two attached hydrogens (primary N) is 2. The van der Waals surface area contributed by atoms with Crippen LogP contribution in [0, 0.1) is 5.92 Å². The number of primary amides is 1. The number of aromatic amines is 1. The van der Waals surface area contributed by atoms with Gasteiger partial charge in [-0.3, -0.25) is 28.8 Å². The van der Waals surface area contributed by atoms with Crippen molar-refractivity contribution in [3.05, 3.63) is 92.1 Å². The minimum atomic E-state index is -0.715. The van der Waals surface area contributed by atoms with Crippen molar-refractivity contribution in [3.63, 3.8) is 0 Å². The molecule has 3 rings (SSSR count). The number of nitrogens with zero attached hydrogens (tertiary/aromatic N) is 3. The number of rotatable bonds is 10. The fraction of sp³-hybridized carbons (Fsp3) is 0.308. The number of anilines is 2. The summed E-state index contributed by atoms with van der Waals surface area (Å²) in [7, 11) is 1.76. The van der Waals surface area contributed by atoms with Gasteiger partial charge in [0.25, 0.3) is 5.56 Å². The highest BCUT2D eigenvalue weighted by Gasteiger charge is 2.26. The Morgan fingerprint density at radius 2 is 1.69 bits per heavy atom. The number of benzene rings is 2. The van der Waals surface area contributed by atoms with Gasteiger partial charge >= 0.3 is 5.69 Å². The lowest BCUT2D eigenvalue weighted by molar-refractivity contribution is -0.119. The van der Waals surface area contributed by atoms with Crippen LogP contribution in [0.4, 0.5) is 11.5 Å². The van der Waals surface area contributed by atoms with Crippen molar-refractivity contribution in [2.45, 2.75) is 26.9 Å². The Morgan fingerprint density at radius 1 is 1.03 bits per heavy atom. The third kappa shape index (κ3) is 6.48. The van der Waals surface area contributed by atoms with Gasteiger partial charge in [0, 0.05) is 18.7 Å². The molecule has 0 aliphatic rings. The summed E-state index contributed by atoms with van der Waals surface area (Å²) < 4.78 is 1.26. The van der Waals surface area contributed by atoms with E-state index in [4.69, 9.17) is 11.5 Å². The average molecular weight is 493 g/mol. The third-order valence-electron chi connectivity index (χ3n) is 5.59. The molecule has 2 aromatic carbocycles. The van der Waals surface area contributed by atoms with E-state index in [1.807, 2.05) is 50.2 Å². The summed E-state index contributed by atoms with van der Waals surface area (Å²) in [5.41, 5.74) is 12.3. The van der Waals surface area contributed by atoms with Crippen LogP contribution in [0.25, 0.3) is 0 Å². The molecule has 0 aliphatic heterocycles. The summed E-state index contributed by atoms with van der Waals surface area (Å²) in [4.78, 5) is 55.8. The molecule has 36 heavy (non-hydrogen) atoms. The molecule has 0 bridgehead atoms. The van der Waals surface area contributed by atoms with Crippen molar-refractivity contribution >= 4 is 23.3 Å². The van der Waals surface area contributed by atoms with Gasteiger partial charge < -0.3 is 16.4 Å². The maximum atomic E-state index is 13.4. The fourth-order valence-corrected chi connectivity index (χ4v) is 3.95. The van der Waals surface area contributed by atoms with Gasteiger partial charge in [0.15, 0.2) is 5.69 Å². The van der Waals surface area contributed by atoms with Crippen LogP contribution in [0.3, 0.4) is 0 Å². The molecule has 0 aliphatic carbocycles. The number of nitrogen functional groups attached to an aromatic ring is 1. The first-order valence-electron chi connectivity index (χ1n) is 11.6. The standard InChI is InChI=1S/C26H32N6O4/c1-17(2)13-31(21(33)16-30(3)14-19-10-7-11-20(12-19)24(28)34)22-23(27)32(26(36)29-25(22)35)15-18-8-5-4-6-9-18/h4-12,17H,13-16,27H2,1-3H3,(H2,28,34)(H,29,35,36). The van der Waals surface area contributed by atoms with E-state index >= 15 is 0 Å². The number of nitrogens with one attached hydrogen (secondary N) is 1. The Hall–Kier alpha value is -4.18. The van der Waals surface area contributed by atoms with Crippen molar-refractivity contribution in [2.75, 3.05) is 30.8 Å². The van der Waals surface area contributed by atoms with Crippen molar-refractivity contribution < 1.29 is 9.59 Å². The Balaban J connectivity index is 1.90. The largest absolute Gasteiger partial charge is 0.383 e. The maximum absolute atomic E-state index is 13.4. The number of hydrogen-bond acceptors (Lipinski definition) is 6. The summed E-state index contributed by atoms with van der Waals surface area (Å²) in [6.07, 6.45) is 0. The van der Waals surface area contributed by atoms with Crippen LogP contribution in [-0.4, -0.2) is 46.4 Å². The summed E-state index contributed by atoms with van der Waals surface area (Å²) >= 11 is 0. The fourth-order valence-electron chi connectivity index (χ4n) is 3.95. The van der Waals surface area contributed by atoms with Crippen LogP contribution >= 0.6 is 0 Å². The first-order valence-corrected chi connectivity index (χ1v) is 11.6. The molecule has 1 heterocycles. The number of aromatic nitrogens is 2. The topological polar surface area (TPSA) is 148 Å². The predicted octanol–water partition coefficient (Wildman–Crippen LogP) is 1.39. The van der Waals surface area contributed by atoms with E-state index in [1.165, 1.54) is 9.47 Å². The molecule has 0 saturated heterocycles. The molecule has 1 aromatic heterocycles. The van der Waals surface area contributed by atoms with Gasteiger partial charge in [-0.25, -0.2) is 4.79 Å². The van der Waals surface area contributed by atoms with Crippen molar-refractivity contribution in [2.24, 2.45) is 11.7 Å². The lowest BCUT2D eigenvalue weighted by atomic mass is 10.1. The Kier molecular flexibility index (Phi) is 8.44. The molecule has 0 fully saturated rings. The monoisotopic (exact) mass is 492 g/mol. The summed E-state index contributed by atoms with van der Waals surface area (Å²) in [5, 5.41) is 0. The number of likely N-dealkylation sites (N-methyl/N-ethyl adjacent to an activating group) is 1. The highest BCUT2D eigenvalue weighted by molar-refractivity contribution is 5.97. The van der Waals surface area contributed by atoms with E-state index in [1.54, 1.807) is 30.1 Å². The van der Waals surface area contributed by atoms with Gasteiger partial charge in [0.05, 0.1) is 13.1 Å². The quantitative estimate of drug-likeness (QED) is 0.390. The second-order valence-electron chi connectivity index (χ2n) is 9.20. The molecule has 10 heteroatoms. The van der Waals surface area contributed by atoms with Gasteiger partial charge in [0.1, 0.15) is 5.82 Å². The van der Waals surface area contributed by atoms with Crippen molar-refractivity contribution in [1.29, 1.82) is 0 Å². The maximum Gasteiger partial charge on any atom is 0.330 e. The molecule has 0 radical (unpaired) electrons. The van der Waals surface area contributed by atoms with Crippen molar-refractivity contribution in [1.82, 2.24) is 14.5 Å². The molecule has 2 amide bonds. The highest BCUT2D eigenvalue weighted by atomic mass is 16.2. The van der Waals surface area contributed by atoms with E-state index in [0.29, 0.717) is 12.1 Å². The zero-order valence-electron chi connectivity index (χ0n) is 20.7. The zero-order valence-corrected chi connectivity index (χ0v) is 20.7. The summed E-state index contributed by atoms with van der Waals surface area (Å²) in [6, 6.07) is 16.1. The van der Waals surface area contributed by atoms with Gasteiger partial charge in [-0.15, -0.1) is 0 Å². The van der Waals surface area contributed by atoms with Crippen LogP contribution < -0.4 is 27.6 Å². The lowest BCUT2D eigenvalue weighted by Crippen LogP contribution is -2.46. The molecular formula is C26H32N6O4. The van der Waals surface area contributed by atoms with E-state index in [2.05, 4.69) is 4.98 Å². The van der Waals surface area contributed by atoms with Crippen LogP contribution in [0.2, 0.25) is 0 Å². The predicted molar refractivity (Wildman–Crippen MR) is 140 cm³/mol. The Labute approximate surface area is 209 Å². The molecular weight excluding hydrogens is 460 g/mol. The van der Waals surface area contributed by atoms with Gasteiger partial charge in [-0.05, 0) is 36.2 Å². The highest BCUT2D eigenvalue weighted by Crippen LogP contribution is 2.20. The lowest BCUT2D eigenvalue weighted by Gasteiger charge is -2.28. The number of carbonyl (C=O) groups is 2.